The predicted octanol–water partition coefficient (Wildman–Crippen LogP) is 5.07. The number of fused-ring (bicyclic) bond motifs is 1. The number of benzene rings is 2. The van der Waals surface area contributed by atoms with E-state index in [1.165, 1.54) is 0 Å². The first-order valence-electron chi connectivity index (χ1n) is 6.08. The molecule has 1 nitrogen and oxygen atoms in total. The van der Waals surface area contributed by atoms with Crippen LogP contribution in [-0.4, -0.2) is 6.61 Å². The van der Waals surface area contributed by atoms with Crippen LogP contribution in [0.15, 0.2) is 36.4 Å². The molecule has 1 aliphatic rings. The maximum atomic E-state index is 13.4. The minimum absolute atomic E-state index is 0.119. The van der Waals surface area contributed by atoms with Crippen LogP contribution in [0.4, 0.5) is 8.78 Å². The van der Waals surface area contributed by atoms with Crippen LogP contribution in [0.1, 0.15) is 22.4 Å². The Balaban J connectivity index is 1.98. The fraction of sp³-hybridized carbons (Fsp3) is 0.200. The Morgan fingerprint density at radius 1 is 1.15 bits per heavy atom. The van der Waals surface area contributed by atoms with E-state index in [2.05, 4.69) is 0 Å². The van der Waals surface area contributed by atoms with Gasteiger partial charge in [0.2, 0.25) is 0 Å². The van der Waals surface area contributed by atoms with Crippen LogP contribution < -0.4 is 4.74 Å². The number of halogens is 4. The van der Waals surface area contributed by atoms with Crippen molar-refractivity contribution in [2.45, 2.75) is 11.3 Å². The SMILES string of the molecule is Fc1cc(Cl)c(C(Cl)C2COc3ccccc32)cc1F. The zero-order chi connectivity index (χ0) is 14.3. The summed E-state index contributed by atoms with van der Waals surface area (Å²) in [4.78, 5) is 0. The van der Waals surface area contributed by atoms with E-state index < -0.39 is 17.0 Å². The summed E-state index contributed by atoms with van der Waals surface area (Å²) >= 11 is 12.4. The molecule has 0 fully saturated rings. The van der Waals surface area contributed by atoms with Crippen molar-refractivity contribution < 1.29 is 13.5 Å². The summed E-state index contributed by atoms with van der Waals surface area (Å²) in [5.41, 5.74) is 1.32. The lowest BCUT2D eigenvalue weighted by atomic mass is 9.93. The highest BCUT2D eigenvalue weighted by Gasteiger charge is 2.32. The van der Waals surface area contributed by atoms with Crippen LogP contribution in [0, 0.1) is 11.6 Å². The monoisotopic (exact) mass is 314 g/mol. The molecule has 0 aliphatic carbocycles. The van der Waals surface area contributed by atoms with E-state index >= 15 is 0 Å². The quantitative estimate of drug-likeness (QED) is 0.555. The Labute approximate surface area is 125 Å². The van der Waals surface area contributed by atoms with Gasteiger partial charge in [-0.05, 0) is 23.8 Å². The molecule has 2 aromatic carbocycles. The lowest BCUT2D eigenvalue weighted by Crippen LogP contribution is -2.09. The minimum atomic E-state index is -0.981. The second kappa shape index (κ2) is 5.23. The molecule has 0 aromatic heterocycles. The van der Waals surface area contributed by atoms with E-state index in [1.54, 1.807) is 0 Å². The molecule has 1 heterocycles. The normalized spacial score (nSPS) is 18.5. The topological polar surface area (TPSA) is 9.23 Å². The highest BCUT2D eigenvalue weighted by Crippen LogP contribution is 2.46. The van der Waals surface area contributed by atoms with Crippen LogP contribution in [-0.2, 0) is 0 Å². The van der Waals surface area contributed by atoms with Crippen molar-refractivity contribution in [3.8, 4) is 5.75 Å². The second-order valence-corrected chi connectivity index (χ2v) is 5.52. The maximum Gasteiger partial charge on any atom is 0.160 e. The molecule has 0 radical (unpaired) electrons. The predicted molar refractivity (Wildman–Crippen MR) is 74.6 cm³/mol. The fourth-order valence-electron chi connectivity index (χ4n) is 2.40. The summed E-state index contributed by atoms with van der Waals surface area (Å²) in [6.07, 6.45) is 0. The van der Waals surface area contributed by atoms with Crippen molar-refractivity contribution in [3.63, 3.8) is 0 Å². The van der Waals surface area contributed by atoms with Crippen molar-refractivity contribution in [3.05, 3.63) is 64.2 Å². The molecular weight excluding hydrogens is 305 g/mol. The molecule has 0 saturated heterocycles. The first-order valence-corrected chi connectivity index (χ1v) is 6.89. The fourth-order valence-corrected chi connectivity index (χ4v) is 3.11. The van der Waals surface area contributed by atoms with E-state index in [1.807, 2.05) is 24.3 Å². The Hall–Kier alpha value is -1.32. The van der Waals surface area contributed by atoms with Gasteiger partial charge in [-0.3, -0.25) is 0 Å². The van der Waals surface area contributed by atoms with Gasteiger partial charge in [-0.15, -0.1) is 11.6 Å². The van der Waals surface area contributed by atoms with Gasteiger partial charge in [0.15, 0.2) is 11.6 Å². The molecule has 5 heteroatoms. The van der Waals surface area contributed by atoms with Gasteiger partial charge in [0.25, 0.3) is 0 Å². The third kappa shape index (κ3) is 2.25. The van der Waals surface area contributed by atoms with Gasteiger partial charge in [-0.25, -0.2) is 8.78 Å². The molecule has 0 N–H and O–H groups in total. The minimum Gasteiger partial charge on any atom is -0.493 e. The highest BCUT2D eigenvalue weighted by molar-refractivity contribution is 6.32. The largest absolute Gasteiger partial charge is 0.493 e. The van der Waals surface area contributed by atoms with Gasteiger partial charge in [0.1, 0.15) is 5.75 Å². The summed E-state index contributed by atoms with van der Waals surface area (Å²) in [6, 6.07) is 9.52. The van der Waals surface area contributed by atoms with Crippen molar-refractivity contribution in [1.29, 1.82) is 0 Å². The zero-order valence-corrected chi connectivity index (χ0v) is 11.8. The van der Waals surface area contributed by atoms with Crippen LogP contribution >= 0.6 is 23.2 Å². The average molecular weight is 315 g/mol. The van der Waals surface area contributed by atoms with Crippen molar-refractivity contribution in [1.82, 2.24) is 0 Å². The van der Waals surface area contributed by atoms with Gasteiger partial charge in [0.05, 0.1) is 12.0 Å². The molecule has 0 saturated carbocycles. The molecule has 0 amide bonds. The molecule has 2 aromatic rings. The molecule has 0 bridgehead atoms. The Bertz CT molecular complexity index is 660. The van der Waals surface area contributed by atoms with Gasteiger partial charge in [-0.2, -0.15) is 0 Å². The number of rotatable bonds is 2. The van der Waals surface area contributed by atoms with Crippen LogP contribution in [0.2, 0.25) is 5.02 Å². The molecular formula is C15H10Cl2F2O. The van der Waals surface area contributed by atoms with Gasteiger partial charge < -0.3 is 4.74 Å². The lowest BCUT2D eigenvalue weighted by molar-refractivity contribution is 0.327. The van der Waals surface area contributed by atoms with E-state index in [9.17, 15) is 8.78 Å². The van der Waals surface area contributed by atoms with Crippen LogP contribution in [0.3, 0.4) is 0 Å². The Kier molecular flexibility index (Phi) is 3.57. The molecule has 3 rings (SSSR count). The summed E-state index contributed by atoms with van der Waals surface area (Å²) < 4.78 is 32.0. The van der Waals surface area contributed by atoms with Crippen LogP contribution in [0.25, 0.3) is 0 Å². The molecule has 104 valence electrons. The maximum absolute atomic E-state index is 13.4. The van der Waals surface area contributed by atoms with Gasteiger partial charge in [0, 0.05) is 16.5 Å². The standard InChI is InChI=1S/C15H10Cl2F2O/c16-11-6-13(19)12(18)5-9(11)15(17)10-7-20-14-4-2-1-3-8(10)14/h1-6,10,15H,7H2. The van der Waals surface area contributed by atoms with E-state index in [4.69, 9.17) is 27.9 Å². The number of alkyl halides is 1. The summed E-state index contributed by atoms with van der Waals surface area (Å²) in [7, 11) is 0. The van der Waals surface area contributed by atoms with Crippen molar-refractivity contribution in [2.75, 3.05) is 6.61 Å². The van der Waals surface area contributed by atoms with Crippen molar-refractivity contribution >= 4 is 23.2 Å². The van der Waals surface area contributed by atoms with Crippen molar-refractivity contribution in [2.24, 2.45) is 0 Å². The molecule has 2 atom stereocenters. The summed E-state index contributed by atoms with van der Waals surface area (Å²) in [5, 5.41) is -0.463. The smallest absolute Gasteiger partial charge is 0.160 e. The average Bonchev–Trinajstić information content (AvgIpc) is 2.86. The van der Waals surface area contributed by atoms with E-state index in [0.29, 0.717) is 12.2 Å². The Morgan fingerprint density at radius 3 is 2.65 bits per heavy atom. The van der Waals surface area contributed by atoms with E-state index in [0.717, 1.165) is 23.4 Å². The lowest BCUT2D eigenvalue weighted by Gasteiger charge is -2.18. The third-order valence-electron chi connectivity index (χ3n) is 3.43. The zero-order valence-electron chi connectivity index (χ0n) is 10.2. The second-order valence-electron chi connectivity index (χ2n) is 4.64. The number of hydrogen-bond donors (Lipinski definition) is 0. The summed E-state index contributed by atoms with van der Waals surface area (Å²) in [5.74, 6) is -1.31. The number of ether oxygens (including phenoxy) is 1. The van der Waals surface area contributed by atoms with Gasteiger partial charge in [-0.1, -0.05) is 29.8 Å². The molecule has 1 aliphatic heterocycles. The summed E-state index contributed by atoms with van der Waals surface area (Å²) in [6.45, 7) is 0.392. The highest BCUT2D eigenvalue weighted by atomic mass is 35.5. The van der Waals surface area contributed by atoms with E-state index in [-0.39, 0.29) is 10.9 Å². The first-order chi connectivity index (χ1) is 9.58. The third-order valence-corrected chi connectivity index (χ3v) is 4.29. The molecule has 20 heavy (non-hydrogen) atoms. The molecule has 2 unspecified atom stereocenters. The number of hydrogen-bond acceptors (Lipinski definition) is 1. The van der Waals surface area contributed by atoms with Gasteiger partial charge >= 0.3 is 0 Å². The van der Waals surface area contributed by atoms with Crippen LogP contribution in [0.5, 0.6) is 5.75 Å². The first kappa shape index (κ1) is 13.7. The Morgan fingerprint density at radius 2 is 1.85 bits per heavy atom. The number of para-hydroxylation sites is 1. The molecule has 0 spiro atoms.